The predicted molar refractivity (Wildman–Crippen MR) is 87.6 cm³/mol. The fraction of sp³-hybridized carbons (Fsp3) is 0.214. The predicted octanol–water partition coefficient (Wildman–Crippen LogP) is 4.69. The van der Waals surface area contributed by atoms with E-state index in [0.29, 0.717) is 5.88 Å². The molecule has 0 amide bonds. The van der Waals surface area contributed by atoms with E-state index < -0.39 is 0 Å². The highest BCUT2D eigenvalue weighted by atomic mass is 79.9. The van der Waals surface area contributed by atoms with E-state index in [1.807, 2.05) is 0 Å². The van der Waals surface area contributed by atoms with Gasteiger partial charge in [0.05, 0.1) is 11.0 Å². The topological polar surface area (TPSA) is 17.8 Å². The summed E-state index contributed by atoms with van der Waals surface area (Å²) in [6.45, 7) is 0. The first-order valence-corrected chi connectivity index (χ1v) is 7.13. The second kappa shape index (κ2) is 5.70. The molecule has 100 valence electrons. The smallest absolute Gasteiger partial charge is 0.110 e. The lowest BCUT2D eigenvalue weighted by molar-refractivity contribution is 0.833. The Hall–Kier alpha value is -0.770. The Morgan fingerprint density at radius 3 is 2.63 bits per heavy atom. The highest BCUT2D eigenvalue weighted by molar-refractivity contribution is 9.10. The summed E-state index contributed by atoms with van der Waals surface area (Å²) in [6, 6.07) is 10.4. The van der Waals surface area contributed by atoms with Gasteiger partial charge >= 0.3 is 0 Å². The van der Waals surface area contributed by atoms with E-state index in [1.54, 1.807) is 0 Å². The lowest BCUT2D eigenvalue weighted by atomic mass is 10.1. The number of halogens is 3. The van der Waals surface area contributed by atoms with Gasteiger partial charge in [-0.1, -0.05) is 40.2 Å². The van der Waals surface area contributed by atoms with Gasteiger partial charge in [-0.15, -0.1) is 24.0 Å². The minimum absolute atomic E-state index is 0. The summed E-state index contributed by atoms with van der Waals surface area (Å²) >= 11 is 9.44. The van der Waals surface area contributed by atoms with Gasteiger partial charge in [0, 0.05) is 29.2 Å². The summed E-state index contributed by atoms with van der Waals surface area (Å²) in [5, 5.41) is 2.43. The number of nitrogens with zero attached hydrogens (tertiary/aromatic N) is 2. The van der Waals surface area contributed by atoms with E-state index in [2.05, 4.69) is 62.9 Å². The minimum Gasteiger partial charge on any atom is -0.331 e. The first kappa shape index (κ1) is 14.6. The van der Waals surface area contributed by atoms with Crippen LogP contribution < -0.4 is 0 Å². The number of rotatable bonds is 2. The van der Waals surface area contributed by atoms with E-state index in [9.17, 15) is 0 Å². The number of imidazole rings is 1. The Morgan fingerprint density at radius 1 is 1.26 bits per heavy atom. The Morgan fingerprint density at radius 2 is 1.95 bits per heavy atom. The van der Waals surface area contributed by atoms with Crippen LogP contribution in [0.3, 0.4) is 0 Å². The van der Waals surface area contributed by atoms with Crippen molar-refractivity contribution in [3.63, 3.8) is 0 Å². The first-order valence-electron chi connectivity index (χ1n) is 5.81. The standard InChI is InChI=1S/C14H12BrClN2.ClH/c1-18-13(6-7-16)17-12-8-11(15)9-4-2-3-5-10(9)14(12)18;/h2-5,8H,6-7H2,1H3;1H. The van der Waals surface area contributed by atoms with Crippen LogP contribution in [-0.4, -0.2) is 15.4 Å². The Balaban J connectivity index is 0.00000133. The molecule has 0 saturated heterocycles. The van der Waals surface area contributed by atoms with Crippen LogP contribution >= 0.6 is 39.9 Å². The molecule has 0 fully saturated rings. The van der Waals surface area contributed by atoms with Gasteiger partial charge < -0.3 is 4.57 Å². The van der Waals surface area contributed by atoms with Crippen molar-refractivity contribution in [1.29, 1.82) is 0 Å². The van der Waals surface area contributed by atoms with Crippen molar-refractivity contribution in [3.8, 4) is 0 Å². The maximum Gasteiger partial charge on any atom is 0.110 e. The van der Waals surface area contributed by atoms with Gasteiger partial charge in [0.1, 0.15) is 5.82 Å². The molecule has 0 aliphatic carbocycles. The molecular formula is C14H13BrCl2N2. The zero-order chi connectivity index (χ0) is 12.7. The summed E-state index contributed by atoms with van der Waals surface area (Å²) in [4.78, 5) is 4.66. The third-order valence-corrected chi connectivity index (χ3v) is 4.08. The summed E-state index contributed by atoms with van der Waals surface area (Å²) in [6.07, 6.45) is 0.790. The highest BCUT2D eigenvalue weighted by Gasteiger charge is 2.12. The minimum atomic E-state index is 0. The summed E-state index contributed by atoms with van der Waals surface area (Å²) < 4.78 is 3.23. The summed E-state index contributed by atoms with van der Waals surface area (Å²) in [5.41, 5.74) is 2.19. The number of hydrogen-bond donors (Lipinski definition) is 0. The number of fused-ring (bicyclic) bond motifs is 3. The molecule has 0 aliphatic heterocycles. The van der Waals surface area contributed by atoms with Gasteiger partial charge in [0.25, 0.3) is 0 Å². The molecule has 2 aromatic carbocycles. The van der Waals surface area contributed by atoms with Crippen LogP contribution in [0.5, 0.6) is 0 Å². The van der Waals surface area contributed by atoms with Crippen LogP contribution in [0.1, 0.15) is 5.82 Å². The molecule has 0 atom stereocenters. The van der Waals surface area contributed by atoms with E-state index in [-0.39, 0.29) is 12.4 Å². The van der Waals surface area contributed by atoms with E-state index in [4.69, 9.17) is 11.6 Å². The lowest BCUT2D eigenvalue weighted by Gasteiger charge is -2.05. The van der Waals surface area contributed by atoms with E-state index >= 15 is 0 Å². The van der Waals surface area contributed by atoms with Crippen LogP contribution in [0.15, 0.2) is 34.8 Å². The molecule has 1 heterocycles. The zero-order valence-electron chi connectivity index (χ0n) is 10.4. The fourth-order valence-corrected chi connectivity index (χ4v) is 3.12. The van der Waals surface area contributed by atoms with Crippen molar-refractivity contribution in [1.82, 2.24) is 9.55 Å². The summed E-state index contributed by atoms with van der Waals surface area (Å²) in [7, 11) is 2.05. The average molecular weight is 360 g/mol. The highest BCUT2D eigenvalue weighted by Crippen LogP contribution is 2.31. The normalized spacial score (nSPS) is 10.9. The van der Waals surface area contributed by atoms with Crippen molar-refractivity contribution < 1.29 is 0 Å². The van der Waals surface area contributed by atoms with Crippen molar-refractivity contribution in [3.05, 3.63) is 40.6 Å². The number of benzene rings is 2. The maximum atomic E-state index is 5.82. The van der Waals surface area contributed by atoms with Crippen LogP contribution in [0, 0.1) is 0 Å². The van der Waals surface area contributed by atoms with Crippen molar-refractivity contribution in [2.75, 3.05) is 5.88 Å². The molecule has 0 saturated carbocycles. The van der Waals surface area contributed by atoms with Crippen LogP contribution in [0.25, 0.3) is 21.8 Å². The van der Waals surface area contributed by atoms with Gasteiger partial charge in [0.2, 0.25) is 0 Å². The van der Waals surface area contributed by atoms with Crippen molar-refractivity contribution >= 4 is 61.7 Å². The number of aryl methyl sites for hydroxylation is 2. The molecular weight excluding hydrogens is 347 g/mol. The largest absolute Gasteiger partial charge is 0.331 e. The molecule has 3 aromatic rings. The zero-order valence-corrected chi connectivity index (χ0v) is 13.5. The van der Waals surface area contributed by atoms with Gasteiger partial charge in [-0.25, -0.2) is 4.98 Å². The molecule has 2 nitrogen and oxygen atoms in total. The quantitative estimate of drug-likeness (QED) is 0.607. The Kier molecular flexibility index (Phi) is 4.39. The first-order chi connectivity index (χ1) is 8.72. The summed E-state index contributed by atoms with van der Waals surface area (Å²) in [5.74, 6) is 1.62. The molecule has 3 rings (SSSR count). The maximum absolute atomic E-state index is 5.82. The van der Waals surface area contributed by atoms with Gasteiger partial charge in [-0.05, 0) is 11.5 Å². The second-order valence-corrected chi connectivity index (χ2v) is 5.53. The molecule has 0 unspecified atom stereocenters. The molecule has 1 aromatic heterocycles. The van der Waals surface area contributed by atoms with Crippen molar-refractivity contribution in [2.45, 2.75) is 6.42 Å². The third-order valence-electron chi connectivity index (χ3n) is 3.24. The number of hydrogen-bond acceptors (Lipinski definition) is 1. The van der Waals surface area contributed by atoms with Crippen LogP contribution in [0.4, 0.5) is 0 Å². The van der Waals surface area contributed by atoms with Gasteiger partial charge in [-0.3, -0.25) is 0 Å². The van der Waals surface area contributed by atoms with E-state index in [0.717, 1.165) is 22.2 Å². The van der Waals surface area contributed by atoms with Gasteiger partial charge in [0.15, 0.2) is 0 Å². The molecule has 0 spiro atoms. The van der Waals surface area contributed by atoms with E-state index in [1.165, 1.54) is 16.3 Å². The third kappa shape index (κ3) is 2.35. The average Bonchev–Trinajstić information content (AvgIpc) is 2.67. The van der Waals surface area contributed by atoms with Crippen LogP contribution in [-0.2, 0) is 13.5 Å². The monoisotopic (exact) mass is 358 g/mol. The van der Waals surface area contributed by atoms with Gasteiger partial charge in [-0.2, -0.15) is 0 Å². The fourth-order valence-electron chi connectivity index (χ4n) is 2.39. The Bertz CT molecular complexity index is 737. The molecule has 19 heavy (non-hydrogen) atoms. The molecule has 0 aliphatic rings. The lowest BCUT2D eigenvalue weighted by Crippen LogP contribution is -1.98. The van der Waals surface area contributed by atoms with Crippen LogP contribution in [0.2, 0.25) is 0 Å². The molecule has 5 heteroatoms. The second-order valence-electron chi connectivity index (χ2n) is 4.30. The number of aromatic nitrogens is 2. The molecule has 0 N–H and O–H groups in total. The Labute approximate surface area is 131 Å². The number of alkyl halides is 1. The SMILES string of the molecule is Cl.Cn1c(CCCl)nc2cc(Br)c3ccccc3c21. The molecule has 0 bridgehead atoms. The van der Waals surface area contributed by atoms with Crippen molar-refractivity contribution in [2.24, 2.45) is 7.05 Å². The molecule has 0 radical (unpaired) electrons.